The molecular formula is C14H15N3O3S. The molecule has 6 nitrogen and oxygen atoms in total. The van der Waals surface area contributed by atoms with Crippen molar-refractivity contribution in [1.29, 1.82) is 0 Å². The third kappa shape index (κ3) is 3.63. The first-order chi connectivity index (χ1) is 10.0. The van der Waals surface area contributed by atoms with Gasteiger partial charge in [0.1, 0.15) is 16.4 Å². The van der Waals surface area contributed by atoms with E-state index >= 15 is 0 Å². The number of anilines is 1. The van der Waals surface area contributed by atoms with E-state index < -0.39 is 0 Å². The summed E-state index contributed by atoms with van der Waals surface area (Å²) in [4.78, 5) is 32.3. The molecule has 0 spiro atoms. The molecule has 2 aromatic rings. The fraction of sp³-hybridized carbons (Fsp3) is 0.286. The summed E-state index contributed by atoms with van der Waals surface area (Å²) in [6.07, 6.45) is 1.53. The van der Waals surface area contributed by atoms with Crippen molar-refractivity contribution in [2.45, 2.75) is 20.8 Å². The maximum absolute atomic E-state index is 12.1. The highest BCUT2D eigenvalue weighted by Crippen LogP contribution is 2.27. The maximum Gasteiger partial charge on any atom is 0.348 e. The van der Waals surface area contributed by atoms with Gasteiger partial charge in [-0.2, -0.15) is 0 Å². The molecule has 0 radical (unpaired) electrons. The van der Waals surface area contributed by atoms with Crippen LogP contribution in [0.2, 0.25) is 0 Å². The number of nitrogens with one attached hydrogen (secondary N) is 1. The lowest BCUT2D eigenvalue weighted by molar-refractivity contribution is 0.0531. The summed E-state index contributed by atoms with van der Waals surface area (Å²) in [7, 11) is 0. The zero-order valence-electron chi connectivity index (χ0n) is 12.0. The van der Waals surface area contributed by atoms with Gasteiger partial charge in [0, 0.05) is 6.20 Å². The first-order valence-corrected chi connectivity index (χ1v) is 7.21. The summed E-state index contributed by atoms with van der Waals surface area (Å²) in [5.41, 5.74) is 1.05. The van der Waals surface area contributed by atoms with E-state index in [-0.39, 0.29) is 17.6 Å². The second kappa shape index (κ2) is 6.45. The number of thiophene rings is 1. The van der Waals surface area contributed by atoms with Gasteiger partial charge in [0.25, 0.3) is 5.91 Å². The minimum absolute atomic E-state index is 0.284. The normalized spacial score (nSPS) is 10.2. The Morgan fingerprint density at radius 2 is 2.14 bits per heavy atom. The van der Waals surface area contributed by atoms with Crippen molar-refractivity contribution < 1.29 is 14.3 Å². The molecule has 0 atom stereocenters. The molecule has 21 heavy (non-hydrogen) atoms. The highest BCUT2D eigenvalue weighted by molar-refractivity contribution is 7.18. The van der Waals surface area contributed by atoms with Gasteiger partial charge in [0.2, 0.25) is 0 Å². The molecular weight excluding hydrogens is 290 g/mol. The van der Waals surface area contributed by atoms with Crippen molar-refractivity contribution in [2.75, 3.05) is 11.9 Å². The van der Waals surface area contributed by atoms with Gasteiger partial charge in [0.15, 0.2) is 0 Å². The van der Waals surface area contributed by atoms with Crippen LogP contribution in [-0.2, 0) is 4.74 Å². The zero-order valence-corrected chi connectivity index (χ0v) is 12.8. The number of hydrogen-bond acceptors (Lipinski definition) is 6. The Balaban J connectivity index is 2.15. The van der Waals surface area contributed by atoms with Crippen LogP contribution in [0.3, 0.4) is 0 Å². The van der Waals surface area contributed by atoms with Crippen LogP contribution >= 0.6 is 11.3 Å². The maximum atomic E-state index is 12.1. The van der Waals surface area contributed by atoms with Crippen LogP contribution in [0.4, 0.5) is 5.00 Å². The fourth-order valence-electron chi connectivity index (χ4n) is 1.70. The predicted octanol–water partition coefficient (Wildman–Crippen LogP) is 2.58. The van der Waals surface area contributed by atoms with Crippen LogP contribution in [0.25, 0.3) is 0 Å². The number of amides is 1. The number of rotatable bonds is 4. The first kappa shape index (κ1) is 15.1. The van der Waals surface area contributed by atoms with Crippen LogP contribution < -0.4 is 5.32 Å². The van der Waals surface area contributed by atoms with E-state index in [1.807, 2.05) is 0 Å². The summed E-state index contributed by atoms with van der Waals surface area (Å²) in [5.74, 6) is -0.187. The lowest BCUT2D eigenvalue weighted by Crippen LogP contribution is -2.13. The lowest BCUT2D eigenvalue weighted by atomic mass is 10.3. The first-order valence-electron chi connectivity index (χ1n) is 6.39. The summed E-state index contributed by atoms with van der Waals surface area (Å²) >= 11 is 1.18. The van der Waals surface area contributed by atoms with Gasteiger partial charge >= 0.3 is 5.97 Å². The van der Waals surface area contributed by atoms with Crippen molar-refractivity contribution in [3.05, 3.63) is 40.3 Å². The smallest absolute Gasteiger partial charge is 0.348 e. The third-order valence-corrected chi connectivity index (χ3v) is 3.76. The average molecular weight is 305 g/mol. The van der Waals surface area contributed by atoms with Crippen molar-refractivity contribution in [2.24, 2.45) is 0 Å². The summed E-state index contributed by atoms with van der Waals surface area (Å²) in [5, 5.41) is 3.31. The molecule has 0 aliphatic rings. The molecule has 0 aliphatic carbocycles. The van der Waals surface area contributed by atoms with Gasteiger partial charge in [-0.25, -0.2) is 14.8 Å². The van der Waals surface area contributed by atoms with Gasteiger partial charge < -0.3 is 10.1 Å². The Bertz CT molecular complexity index is 682. The number of ether oxygens (including phenoxy) is 1. The SMILES string of the molecule is CCOC(=O)c1sc(NC(=O)c2ccnc(C)n2)cc1C. The standard InChI is InChI=1S/C14H15N3O3S/c1-4-20-14(19)12-8(2)7-11(21-12)17-13(18)10-5-6-15-9(3)16-10/h5-7H,4H2,1-3H3,(H,17,18). The van der Waals surface area contributed by atoms with Gasteiger partial charge in [-0.3, -0.25) is 4.79 Å². The van der Waals surface area contributed by atoms with Crippen LogP contribution in [0.15, 0.2) is 18.3 Å². The second-order valence-corrected chi connectivity index (χ2v) is 5.34. The lowest BCUT2D eigenvalue weighted by Gasteiger charge is -2.02. The minimum Gasteiger partial charge on any atom is -0.462 e. The van der Waals surface area contributed by atoms with Crippen LogP contribution in [0.5, 0.6) is 0 Å². The fourth-order valence-corrected chi connectivity index (χ4v) is 2.66. The number of aromatic nitrogens is 2. The van der Waals surface area contributed by atoms with E-state index in [1.54, 1.807) is 26.8 Å². The predicted molar refractivity (Wildman–Crippen MR) is 79.7 cm³/mol. The van der Waals surface area contributed by atoms with Gasteiger partial charge in [-0.1, -0.05) is 0 Å². The minimum atomic E-state index is -0.377. The molecule has 0 saturated carbocycles. The number of esters is 1. The van der Waals surface area contributed by atoms with Gasteiger partial charge in [-0.05, 0) is 38.5 Å². The number of nitrogens with zero attached hydrogens (tertiary/aromatic N) is 2. The summed E-state index contributed by atoms with van der Waals surface area (Å²) in [6, 6.07) is 3.28. The molecule has 0 unspecified atom stereocenters. The van der Waals surface area contributed by atoms with Crippen LogP contribution in [0.1, 0.15) is 38.5 Å². The molecule has 2 rings (SSSR count). The van der Waals surface area contributed by atoms with Crippen molar-refractivity contribution >= 4 is 28.2 Å². The molecule has 110 valence electrons. The Morgan fingerprint density at radius 1 is 1.38 bits per heavy atom. The zero-order chi connectivity index (χ0) is 15.4. The molecule has 0 aliphatic heterocycles. The average Bonchev–Trinajstić information content (AvgIpc) is 2.80. The van der Waals surface area contributed by atoms with Crippen LogP contribution in [-0.4, -0.2) is 28.5 Å². The van der Waals surface area contributed by atoms with Gasteiger partial charge in [-0.15, -0.1) is 11.3 Å². The van der Waals surface area contributed by atoms with E-state index in [0.29, 0.717) is 22.3 Å². The summed E-state index contributed by atoms with van der Waals surface area (Å²) in [6.45, 7) is 5.58. The Hall–Kier alpha value is -2.28. The summed E-state index contributed by atoms with van der Waals surface area (Å²) < 4.78 is 4.97. The molecule has 0 aromatic carbocycles. The third-order valence-electron chi connectivity index (χ3n) is 2.62. The number of aryl methyl sites for hydroxylation is 2. The monoisotopic (exact) mass is 305 g/mol. The largest absolute Gasteiger partial charge is 0.462 e. The molecule has 0 bridgehead atoms. The Labute approximate surface area is 126 Å². The Kier molecular flexibility index (Phi) is 4.64. The van der Waals surface area contributed by atoms with E-state index in [9.17, 15) is 9.59 Å². The molecule has 0 fully saturated rings. The van der Waals surface area contributed by atoms with Crippen molar-refractivity contribution in [3.8, 4) is 0 Å². The van der Waals surface area contributed by atoms with E-state index in [4.69, 9.17) is 4.74 Å². The highest BCUT2D eigenvalue weighted by atomic mass is 32.1. The quantitative estimate of drug-likeness (QED) is 0.878. The van der Waals surface area contributed by atoms with E-state index in [0.717, 1.165) is 5.56 Å². The van der Waals surface area contributed by atoms with E-state index in [1.165, 1.54) is 23.6 Å². The molecule has 1 amide bonds. The Morgan fingerprint density at radius 3 is 2.81 bits per heavy atom. The molecule has 0 saturated heterocycles. The molecule has 7 heteroatoms. The molecule has 2 aromatic heterocycles. The molecule has 1 N–H and O–H groups in total. The van der Waals surface area contributed by atoms with E-state index in [2.05, 4.69) is 15.3 Å². The van der Waals surface area contributed by atoms with Crippen molar-refractivity contribution in [1.82, 2.24) is 9.97 Å². The highest BCUT2D eigenvalue weighted by Gasteiger charge is 2.16. The van der Waals surface area contributed by atoms with Gasteiger partial charge in [0.05, 0.1) is 11.6 Å². The van der Waals surface area contributed by atoms with Crippen molar-refractivity contribution in [3.63, 3.8) is 0 Å². The molecule has 2 heterocycles. The number of hydrogen-bond donors (Lipinski definition) is 1. The number of carbonyl (C=O) groups is 2. The van der Waals surface area contributed by atoms with Crippen LogP contribution in [0, 0.1) is 13.8 Å². The topological polar surface area (TPSA) is 81.2 Å². The second-order valence-electron chi connectivity index (χ2n) is 4.29. The number of carbonyl (C=O) groups excluding carboxylic acids is 2.